The van der Waals surface area contributed by atoms with Gasteiger partial charge in [-0.25, -0.2) is 4.79 Å². The zero-order chi connectivity index (χ0) is 21.2. The lowest BCUT2D eigenvalue weighted by molar-refractivity contribution is -0.137. The number of benzene rings is 2. The number of urea groups is 1. The molecule has 1 heterocycles. The number of aromatic nitrogens is 1. The average molecular weight is 420 g/mol. The van der Waals surface area contributed by atoms with E-state index in [1.807, 2.05) is 31.2 Å². The molecule has 8 heteroatoms. The Morgan fingerprint density at radius 1 is 1.10 bits per heavy atom. The Morgan fingerprint density at radius 3 is 2.48 bits per heavy atom. The van der Waals surface area contributed by atoms with Crippen molar-refractivity contribution in [1.82, 2.24) is 4.98 Å². The van der Waals surface area contributed by atoms with Crippen LogP contribution in [0.25, 0.3) is 11.1 Å². The Kier molecular flexibility index (Phi) is 5.79. The number of primary amides is 1. The van der Waals surface area contributed by atoms with Crippen LogP contribution >= 0.6 is 11.6 Å². The molecule has 0 fully saturated rings. The summed E-state index contributed by atoms with van der Waals surface area (Å²) >= 11 is 5.66. The number of carbonyl (C=O) groups is 1. The van der Waals surface area contributed by atoms with Gasteiger partial charge in [-0.1, -0.05) is 35.9 Å². The van der Waals surface area contributed by atoms with Gasteiger partial charge in [0.2, 0.25) is 0 Å². The number of anilines is 1. The fraction of sp³-hybridized carbons (Fsp3) is 0.143. The average Bonchev–Trinajstić information content (AvgIpc) is 2.66. The van der Waals surface area contributed by atoms with E-state index in [0.717, 1.165) is 33.9 Å². The zero-order valence-electron chi connectivity index (χ0n) is 15.4. The molecule has 0 aliphatic heterocycles. The van der Waals surface area contributed by atoms with Crippen LogP contribution in [0.4, 0.5) is 23.7 Å². The molecule has 0 unspecified atom stereocenters. The topological polar surface area (TPSA) is 59.2 Å². The fourth-order valence-corrected chi connectivity index (χ4v) is 3.09. The Hall–Kier alpha value is -3.06. The molecule has 0 atom stereocenters. The molecule has 0 aliphatic rings. The number of hydrogen-bond acceptors (Lipinski definition) is 2. The molecular weight excluding hydrogens is 403 g/mol. The highest BCUT2D eigenvalue weighted by Crippen LogP contribution is 2.37. The number of nitrogens with zero attached hydrogens (tertiary/aromatic N) is 2. The molecule has 0 saturated carbocycles. The first-order valence-corrected chi connectivity index (χ1v) is 8.98. The summed E-state index contributed by atoms with van der Waals surface area (Å²) in [5.41, 5.74) is 7.76. The van der Waals surface area contributed by atoms with Crippen molar-refractivity contribution in [3.05, 3.63) is 82.6 Å². The minimum absolute atomic E-state index is 0.00138. The summed E-state index contributed by atoms with van der Waals surface area (Å²) in [4.78, 5) is 17.3. The Morgan fingerprint density at radius 2 is 1.86 bits per heavy atom. The maximum absolute atomic E-state index is 13.2. The number of alkyl halides is 3. The van der Waals surface area contributed by atoms with E-state index in [1.54, 1.807) is 18.3 Å². The number of carbonyl (C=O) groups excluding carboxylic acids is 1. The summed E-state index contributed by atoms with van der Waals surface area (Å²) in [5, 5.41) is -0.445. The second kappa shape index (κ2) is 8.13. The van der Waals surface area contributed by atoms with Crippen molar-refractivity contribution in [2.45, 2.75) is 19.6 Å². The van der Waals surface area contributed by atoms with Crippen molar-refractivity contribution < 1.29 is 18.0 Å². The van der Waals surface area contributed by atoms with Gasteiger partial charge >= 0.3 is 12.2 Å². The third kappa shape index (κ3) is 4.86. The van der Waals surface area contributed by atoms with E-state index >= 15 is 0 Å². The lowest BCUT2D eigenvalue weighted by atomic mass is 10.0. The van der Waals surface area contributed by atoms with E-state index in [4.69, 9.17) is 17.3 Å². The van der Waals surface area contributed by atoms with Crippen molar-refractivity contribution in [2.24, 2.45) is 5.73 Å². The van der Waals surface area contributed by atoms with E-state index < -0.39 is 22.8 Å². The first-order chi connectivity index (χ1) is 13.6. The number of amides is 2. The van der Waals surface area contributed by atoms with Gasteiger partial charge in [0, 0.05) is 23.1 Å². The van der Waals surface area contributed by atoms with Crippen LogP contribution in [0.1, 0.15) is 16.8 Å². The van der Waals surface area contributed by atoms with Gasteiger partial charge in [0.15, 0.2) is 0 Å². The highest BCUT2D eigenvalue weighted by molar-refractivity contribution is 6.31. The van der Waals surface area contributed by atoms with Crippen LogP contribution in [0.3, 0.4) is 0 Å². The molecule has 2 amide bonds. The molecule has 3 aromatic rings. The van der Waals surface area contributed by atoms with Gasteiger partial charge in [-0.05, 0) is 48.4 Å². The SMILES string of the molecule is Cc1ccc(-c2cccc(CN(C(N)=O)c3ccc(Cl)c(C(F)(F)F)c3)c2)cn1. The van der Waals surface area contributed by atoms with Gasteiger partial charge in [0.25, 0.3) is 0 Å². The smallest absolute Gasteiger partial charge is 0.351 e. The lowest BCUT2D eigenvalue weighted by Gasteiger charge is -2.22. The van der Waals surface area contributed by atoms with Crippen molar-refractivity contribution in [1.29, 1.82) is 0 Å². The summed E-state index contributed by atoms with van der Waals surface area (Å²) in [6.45, 7) is 1.88. The molecule has 2 N–H and O–H groups in total. The summed E-state index contributed by atoms with van der Waals surface area (Å²) in [6, 6.07) is 13.5. The lowest BCUT2D eigenvalue weighted by Crippen LogP contribution is -2.35. The number of halogens is 4. The van der Waals surface area contributed by atoms with Crippen LogP contribution in [-0.4, -0.2) is 11.0 Å². The van der Waals surface area contributed by atoms with Gasteiger partial charge in [-0.3, -0.25) is 9.88 Å². The Balaban J connectivity index is 1.94. The van der Waals surface area contributed by atoms with Gasteiger partial charge in [0.05, 0.1) is 17.1 Å². The quantitative estimate of drug-likeness (QED) is 0.579. The van der Waals surface area contributed by atoms with E-state index in [0.29, 0.717) is 5.56 Å². The van der Waals surface area contributed by atoms with Gasteiger partial charge in [0.1, 0.15) is 0 Å². The van der Waals surface area contributed by atoms with Crippen molar-refractivity contribution in [3.8, 4) is 11.1 Å². The fourth-order valence-electron chi connectivity index (χ4n) is 2.87. The first-order valence-electron chi connectivity index (χ1n) is 8.61. The molecule has 0 bridgehead atoms. The van der Waals surface area contributed by atoms with Crippen molar-refractivity contribution in [3.63, 3.8) is 0 Å². The minimum Gasteiger partial charge on any atom is -0.351 e. The third-order valence-electron chi connectivity index (χ3n) is 4.35. The number of rotatable bonds is 4. The summed E-state index contributed by atoms with van der Waals surface area (Å²) in [6.07, 6.45) is -2.91. The maximum Gasteiger partial charge on any atom is 0.417 e. The monoisotopic (exact) mass is 419 g/mol. The highest BCUT2D eigenvalue weighted by atomic mass is 35.5. The number of nitrogens with two attached hydrogens (primary N) is 1. The Bertz CT molecular complexity index is 1040. The summed E-state index contributed by atoms with van der Waals surface area (Å²) in [7, 11) is 0. The molecule has 2 aromatic carbocycles. The van der Waals surface area contributed by atoms with Crippen LogP contribution in [0.5, 0.6) is 0 Å². The highest BCUT2D eigenvalue weighted by Gasteiger charge is 2.34. The van der Waals surface area contributed by atoms with Crippen molar-refractivity contribution in [2.75, 3.05) is 4.90 Å². The standard InChI is InChI=1S/C21H17ClF3N3O/c1-13-5-6-16(11-27-13)15-4-2-3-14(9-15)12-28(20(26)29)17-7-8-19(22)18(10-17)21(23,24)25/h2-11H,12H2,1H3,(H2,26,29). The molecule has 1 aromatic heterocycles. The molecule has 150 valence electrons. The number of hydrogen-bond donors (Lipinski definition) is 1. The molecule has 0 radical (unpaired) electrons. The van der Waals surface area contributed by atoms with Gasteiger partial charge in [-0.15, -0.1) is 0 Å². The van der Waals surface area contributed by atoms with E-state index in [-0.39, 0.29) is 12.2 Å². The van der Waals surface area contributed by atoms with Crippen molar-refractivity contribution >= 4 is 23.3 Å². The third-order valence-corrected chi connectivity index (χ3v) is 4.68. The Labute approximate surface area is 170 Å². The van der Waals surface area contributed by atoms with Gasteiger partial charge < -0.3 is 5.73 Å². The molecular formula is C21H17ClF3N3O. The second-order valence-corrected chi connectivity index (χ2v) is 6.88. The van der Waals surface area contributed by atoms with E-state index in [2.05, 4.69) is 4.98 Å². The zero-order valence-corrected chi connectivity index (χ0v) is 16.1. The second-order valence-electron chi connectivity index (χ2n) is 6.47. The van der Waals surface area contributed by atoms with Crippen LogP contribution in [0.2, 0.25) is 5.02 Å². The predicted octanol–water partition coefficient (Wildman–Crippen LogP) is 5.81. The maximum atomic E-state index is 13.2. The first kappa shape index (κ1) is 20.7. The van der Waals surface area contributed by atoms with E-state index in [9.17, 15) is 18.0 Å². The molecule has 0 spiro atoms. The molecule has 3 rings (SSSR count). The van der Waals surface area contributed by atoms with E-state index in [1.165, 1.54) is 6.07 Å². The molecule has 29 heavy (non-hydrogen) atoms. The molecule has 0 aliphatic carbocycles. The minimum atomic E-state index is -4.64. The predicted molar refractivity (Wildman–Crippen MR) is 107 cm³/mol. The van der Waals surface area contributed by atoms with Crippen LogP contribution in [0, 0.1) is 6.92 Å². The largest absolute Gasteiger partial charge is 0.417 e. The number of aryl methyl sites for hydroxylation is 1. The summed E-state index contributed by atoms with van der Waals surface area (Å²) < 4.78 is 39.5. The van der Waals surface area contributed by atoms with Gasteiger partial charge in [-0.2, -0.15) is 13.2 Å². The normalized spacial score (nSPS) is 11.3. The van der Waals surface area contributed by atoms with Crippen LogP contribution in [0.15, 0.2) is 60.8 Å². The summed E-state index contributed by atoms with van der Waals surface area (Å²) in [5.74, 6) is 0. The van der Waals surface area contributed by atoms with Crippen LogP contribution in [-0.2, 0) is 12.7 Å². The number of pyridine rings is 1. The molecule has 4 nitrogen and oxygen atoms in total. The molecule has 0 saturated heterocycles. The van der Waals surface area contributed by atoms with Crippen LogP contribution < -0.4 is 10.6 Å².